The molecule has 1 saturated heterocycles. The topological polar surface area (TPSA) is 47.9 Å². The lowest BCUT2D eigenvalue weighted by Gasteiger charge is -2.23. The monoisotopic (exact) mass is 345 g/mol. The molecule has 0 bridgehead atoms. The van der Waals surface area contributed by atoms with E-state index in [1.165, 1.54) is 12.0 Å². The van der Waals surface area contributed by atoms with Crippen LogP contribution < -0.4 is 5.32 Å². The van der Waals surface area contributed by atoms with Crippen LogP contribution in [0.15, 0.2) is 35.3 Å². The number of hydrogen-bond acceptors (Lipinski definition) is 2. The standard InChI is InChI=1S/C21H35N3O/c1-4-22-21(23-15-18(11-13-25)14-17(2)3)24-12-10-20(16-24)19-8-6-5-7-9-19/h5-9,17-18,20,25H,4,10-16H2,1-3H3,(H,22,23). The second kappa shape index (κ2) is 10.4. The molecular weight excluding hydrogens is 310 g/mol. The Balaban J connectivity index is 1.99. The maximum absolute atomic E-state index is 9.32. The van der Waals surface area contributed by atoms with Crippen molar-refractivity contribution in [3.63, 3.8) is 0 Å². The molecule has 0 spiro atoms. The van der Waals surface area contributed by atoms with E-state index >= 15 is 0 Å². The fourth-order valence-electron chi connectivity index (χ4n) is 3.72. The minimum absolute atomic E-state index is 0.253. The Kier molecular flexibility index (Phi) is 8.26. The largest absolute Gasteiger partial charge is 0.396 e. The highest BCUT2D eigenvalue weighted by Gasteiger charge is 2.26. The molecule has 140 valence electrons. The van der Waals surface area contributed by atoms with Gasteiger partial charge in [-0.05, 0) is 43.6 Å². The van der Waals surface area contributed by atoms with E-state index in [2.05, 4.69) is 61.3 Å². The first-order valence-electron chi connectivity index (χ1n) is 9.83. The minimum atomic E-state index is 0.253. The van der Waals surface area contributed by atoms with Crippen molar-refractivity contribution in [2.75, 3.05) is 32.8 Å². The van der Waals surface area contributed by atoms with Crippen molar-refractivity contribution >= 4 is 5.96 Å². The lowest BCUT2D eigenvalue weighted by atomic mass is 9.94. The Morgan fingerprint density at radius 1 is 1.32 bits per heavy atom. The van der Waals surface area contributed by atoms with E-state index in [9.17, 15) is 5.11 Å². The number of likely N-dealkylation sites (tertiary alicyclic amines) is 1. The third-order valence-corrected chi connectivity index (χ3v) is 4.93. The molecule has 0 aromatic heterocycles. The zero-order chi connectivity index (χ0) is 18.1. The predicted octanol–water partition coefficient (Wildman–Crippen LogP) is 3.49. The Morgan fingerprint density at radius 2 is 2.08 bits per heavy atom. The molecular formula is C21H35N3O. The summed E-state index contributed by atoms with van der Waals surface area (Å²) >= 11 is 0. The minimum Gasteiger partial charge on any atom is -0.396 e. The second-order valence-corrected chi connectivity index (χ2v) is 7.54. The molecule has 1 aliphatic rings. The first-order valence-corrected chi connectivity index (χ1v) is 9.83. The number of aliphatic imine (C=N–C) groups is 1. The Bertz CT molecular complexity index is 515. The number of aliphatic hydroxyl groups excluding tert-OH is 1. The molecule has 1 heterocycles. The summed E-state index contributed by atoms with van der Waals surface area (Å²) in [6.07, 6.45) is 3.14. The number of guanidine groups is 1. The van der Waals surface area contributed by atoms with Crippen molar-refractivity contribution in [3.8, 4) is 0 Å². The van der Waals surface area contributed by atoms with Gasteiger partial charge in [0.2, 0.25) is 0 Å². The van der Waals surface area contributed by atoms with Crippen LogP contribution in [0.1, 0.15) is 51.5 Å². The molecule has 25 heavy (non-hydrogen) atoms. The van der Waals surface area contributed by atoms with E-state index in [4.69, 9.17) is 4.99 Å². The molecule has 1 aromatic rings. The SMILES string of the molecule is CCNC(=NCC(CCO)CC(C)C)N1CCC(c2ccccc2)C1. The average Bonchev–Trinajstić information content (AvgIpc) is 3.09. The van der Waals surface area contributed by atoms with Gasteiger partial charge in [0.25, 0.3) is 0 Å². The van der Waals surface area contributed by atoms with Crippen LogP contribution in [0.3, 0.4) is 0 Å². The molecule has 2 atom stereocenters. The van der Waals surface area contributed by atoms with Gasteiger partial charge in [0.05, 0.1) is 0 Å². The van der Waals surface area contributed by atoms with E-state index in [0.717, 1.165) is 45.0 Å². The summed E-state index contributed by atoms with van der Waals surface area (Å²) in [7, 11) is 0. The fraction of sp³-hybridized carbons (Fsp3) is 0.667. The van der Waals surface area contributed by atoms with Crippen molar-refractivity contribution in [1.29, 1.82) is 0 Å². The van der Waals surface area contributed by atoms with Gasteiger partial charge in [-0.15, -0.1) is 0 Å². The molecule has 2 rings (SSSR count). The molecule has 0 aliphatic carbocycles. The van der Waals surface area contributed by atoms with Gasteiger partial charge in [-0.2, -0.15) is 0 Å². The third kappa shape index (κ3) is 6.35. The van der Waals surface area contributed by atoms with Gasteiger partial charge in [-0.25, -0.2) is 0 Å². The van der Waals surface area contributed by atoms with Crippen molar-refractivity contribution in [3.05, 3.63) is 35.9 Å². The van der Waals surface area contributed by atoms with Crippen molar-refractivity contribution < 1.29 is 5.11 Å². The van der Waals surface area contributed by atoms with Crippen LogP contribution in [0.2, 0.25) is 0 Å². The van der Waals surface area contributed by atoms with Crippen molar-refractivity contribution in [1.82, 2.24) is 10.2 Å². The van der Waals surface area contributed by atoms with Crippen LogP contribution >= 0.6 is 0 Å². The van der Waals surface area contributed by atoms with Crippen molar-refractivity contribution in [2.24, 2.45) is 16.8 Å². The number of hydrogen-bond donors (Lipinski definition) is 2. The molecule has 2 unspecified atom stereocenters. The molecule has 1 aromatic carbocycles. The number of rotatable bonds is 8. The lowest BCUT2D eigenvalue weighted by molar-refractivity contribution is 0.245. The van der Waals surface area contributed by atoms with Gasteiger partial charge in [-0.3, -0.25) is 4.99 Å². The van der Waals surface area contributed by atoms with Crippen LogP contribution in [0.5, 0.6) is 0 Å². The van der Waals surface area contributed by atoms with Gasteiger partial charge in [0, 0.05) is 38.7 Å². The summed E-state index contributed by atoms with van der Waals surface area (Å²) in [6, 6.07) is 10.8. The van der Waals surface area contributed by atoms with E-state index in [1.807, 2.05) is 0 Å². The van der Waals surface area contributed by atoms with E-state index in [1.54, 1.807) is 0 Å². The number of aliphatic hydroxyl groups is 1. The first-order chi connectivity index (χ1) is 12.1. The normalized spacial score (nSPS) is 19.5. The highest BCUT2D eigenvalue weighted by Crippen LogP contribution is 2.27. The van der Waals surface area contributed by atoms with Gasteiger partial charge in [-0.1, -0.05) is 44.2 Å². The van der Waals surface area contributed by atoms with Gasteiger partial charge in [0.1, 0.15) is 0 Å². The third-order valence-electron chi connectivity index (χ3n) is 4.93. The van der Waals surface area contributed by atoms with Crippen molar-refractivity contribution in [2.45, 2.75) is 46.0 Å². The molecule has 0 amide bonds. The number of benzene rings is 1. The Labute approximate surface area is 153 Å². The van der Waals surface area contributed by atoms with E-state index in [-0.39, 0.29) is 6.61 Å². The van der Waals surface area contributed by atoms with Crippen LogP contribution in [-0.4, -0.2) is 48.8 Å². The van der Waals surface area contributed by atoms with Gasteiger partial charge in [0.15, 0.2) is 5.96 Å². The maximum atomic E-state index is 9.32. The van der Waals surface area contributed by atoms with E-state index < -0.39 is 0 Å². The summed E-state index contributed by atoms with van der Waals surface area (Å²) in [4.78, 5) is 7.31. The van der Waals surface area contributed by atoms with Gasteiger partial charge >= 0.3 is 0 Å². The molecule has 2 N–H and O–H groups in total. The lowest BCUT2D eigenvalue weighted by Crippen LogP contribution is -2.40. The molecule has 1 fully saturated rings. The van der Waals surface area contributed by atoms with Gasteiger partial charge < -0.3 is 15.3 Å². The summed E-state index contributed by atoms with van der Waals surface area (Å²) in [6.45, 7) is 10.6. The predicted molar refractivity (Wildman–Crippen MR) is 106 cm³/mol. The molecule has 0 saturated carbocycles. The first kappa shape index (κ1) is 19.8. The fourth-order valence-corrected chi connectivity index (χ4v) is 3.72. The average molecular weight is 346 g/mol. The smallest absolute Gasteiger partial charge is 0.193 e. The second-order valence-electron chi connectivity index (χ2n) is 7.54. The molecule has 4 heteroatoms. The molecule has 0 radical (unpaired) electrons. The Hall–Kier alpha value is -1.55. The zero-order valence-electron chi connectivity index (χ0n) is 16.1. The highest BCUT2D eigenvalue weighted by molar-refractivity contribution is 5.80. The summed E-state index contributed by atoms with van der Waals surface area (Å²) in [5.41, 5.74) is 1.43. The quantitative estimate of drug-likeness (QED) is 0.560. The van der Waals surface area contributed by atoms with Crippen LogP contribution in [0, 0.1) is 11.8 Å². The van der Waals surface area contributed by atoms with Crippen LogP contribution in [0.4, 0.5) is 0 Å². The van der Waals surface area contributed by atoms with Crippen LogP contribution in [0.25, 0.3) is 0 Å². The summed E-state index contributed by atoms with van der Waals surface area (Å²) < 4.78 is 0. The highest BCUT2D eigenvalue weighted by atomic mass is 16.3. The molecule has 4 nitrogen and oxygen atoms in total. The zero-order valence-corrected chi connectivity index (χ0v) is 16.1. The maximum Gasteiger partial charge on any atom is 0.193 e. The Morgan fingerprint density at radius 3 is 2.72 bits per heavy atom. The van der Waals surface area contributed by atoms with E-state index in [0.29, 0.717) is 17.8 Å². The number of nitrogens with one attached hydrogen (secondary N) is 1. The molecule has 1 aliphatic heterocycles. The number of nitrogens with zero attached hydrogens (tertiary/aromatic N) is 2. The summed E-state index contributed by atoms with van der Waals surface area (Å²) in [5, 5.41) is 12.8. The summed E-state index contributed by atoms with van der Waals surface area (Å²) in [5.74, 6) is 2.73. The van der Waals surface area contributed by atoms with Crippen LogP contribution in [-0.2, 0) is 0 Å².